The summed E-state index contributed by atoms with van der Waals surface area (Å²) in [7, 11) is 0. The molecule has 5 N–H and O–H groups in total. The molecule has 21 heavy (non-hydrogen) atoms. The van der Waals surface area contributed by atoms with Crippen LogP contribution in [0.2, 0.25) is 0 Å². The fourth-order valence-electron chi connectivity index (χ4n) is 2.78. The van der Waals surface area contributed by atoms with Gasteiger partial charge in [0.1, 0.15) is 11.6 Å². The molecule has 1 fully saturated rings. The minimum Gasteiger partial charge on any atom is -0.492 e. The number of hydrogen-bond donors (Lipinski definition) is 3. The highest BCUT2D eigenvalue weighted by atomic mass is 16.5. The standard InChI is InChI=1S/C15H21N5O/c1-9-6-11-13(14(16)20-15(17)19-11)12(7-9)21-8-10-2-4-18-5-3-10/h6-7,10,18H,2-5,8H2,1H3,(H4,16,17,19,20). The Morgan fingerprint density at radius 2 is 2.00 bits per heavy atom. The zero-order valence-corrected chi connectivity index (χ0v) is 12.2. The van der Waals surface area contributed by atoms with E-state index >= 15 is 0 Å². The number of ether oxygens (including phenoxy) is 1. The van der Waals surface area contributed by atoms with Crippen molar-refractivity contribution in [2.75, 3.05) is 31.2 Å². The number of fused-ring (bicyclic) bond motifs is 1. The molecule has 112 valence electrons. The van der Waals surface area contributed by atoms with Crippen LogP contribution < -0.4 is 21.5 Å². The lowest BCUT2D eigenvalue weighted by atomic mass is 9.99. The van der Waals surface area contributed by atoms with Crippen molar-refractivity contribution in [2.45, 2.75) is 19.8 Å². The van der Waals surface area contributed by atoms with Crippen molar-refractivity contribution < 1.29 is 4.74 Å². The van der Waals surface area contributed by atoms with Crippen molar-refractivity contribution >= 4 is 22.7 Å². The highest BCUT2D eigenvalue weighted by molar-refractivity contribution is 5.94. The Morgan fingerprint density at radius 1 is 1.24 bits per heavy atom. The van der Waals surface area contributed by atoms with Gasteiger partial charge in [0.25, 0.3) is 0 Å². The van der Waals surface area contributed by atoms with Crippen molar-refractivity contribution in [1.82, 2.24) is 15.3 Å². The van der Waals surface area contributed by atoms with E-state index in [1.165, 1.54) is 0 Å². The fraction of sp³-hybridized carbons (Fsp3) is 0.467. The number of nitrogens with one attached hydrogen (secondary N) is 1. The fourth-order valence-corrected chi connectivity index (χ4v) is 2.78. The number of aromatic nitrogens is 2. The molecule has 0 bridgehead atoms. The van der Waals surface area contributed by atoms with Crippen molar-refractivity contribution in [2.24, 2.45) is 5.92 Å². The van der Waals surface area contributed by atoms with Gasteiger partial charge in [0.05, 0.1) is 17.5 Å². The highest BCUT2D eigenvalue weighted by Gasteiger charge is 2.16. The Balaban J connectivity index is 1.89. The molecule has 0 saturated carbocycles. The Bertz CT molecular complexity index is 647. The van der Waals surface area contributed by atoms with E-state index in [0.29, 0.717) is 18.3 Å². The molecule has 6 nitrogen and oxygen atoms in total. The number of hydrogen-bond acceptors (Lipinski definition) is 6. The monoisotopic (exact) mass is 287 g/mol. The normalized spacial score (nSPS) is 16.2. The topological polar surface area (TPSA) is 99.1 Å². The number of nitrogen functional groups attached to an aromatic ring is 2. The van der Waals surface area contributed by atoms with Gasteiger partial charge in [0.2, 0.25) is 5.95 Å². The van der Waals surface area contributed by atoms with Crippen molar-refractivity contribution in [3.05, 3.63) is 17.7 Å². The molecule has 0 spiro atoms. The van der Waals surface area contributed by atoms with E-state index in [9.17, 15) is 0 Å². The van der Waals surface area contributed by atoms with E-state index in [1.54, 1.807) is 0 Å². The number of anilines is 2. The van der Waals surface area contributed by atoms with Gasteiger partial charge in [0.15, 0.2) is 0 Å². The van der Waals surface area contributed by atoms with Crippen LogP contribution in [0.25, 0.3) is 10.9 Å². The third-order valence-corrected chi connectivity index (χ3v) is 3.89. The maximum atomic E-state index is 6.03. The molecule has 0 atom stereocenters. The van der Waals surface area contributed by atoms with Crippen LogP contribution in [0, 0.1) is 12.8 Å². The van der Waals surface area contributed by atoms with Crippen LogP contribution in [0.15, 0.2) is 12.1 Å². The Kier molecular flexibility index (Phi) is 3.79. The van der Waals surface area contributed by atoms with Gasteiger partial charge in [-0.15, -0.1) is 0 Å². The molecule has 0 unspecified atom stereocenters. The van der Waals surface area contributed by atoms with E-state index in [4.69, 9.17) is 16.2 Å². The van der Waals surface area contributed by atoms with Gasteiger partial charge in [-0.25, -0.2) is 4.98 Å². The summed E-state index contributed by atoms with van der Waals surface area (Å²) in [6.07, 6.45) is 2.28. The van der Waals surface area contributed by atoms with Gasteiger partial charge in [-0.3, -0.25) is 0 Å². The second kappa shape index (κ2) is 5.73. The van der Waals surface area contributed by atoms with Gasteiger partial charge >= 0.3 is 0 Å². The number of piperidine rings is 1. The van der Waals surface area contributed by atoms with Gasteiger partial charge in [0, 0.05) is 0 Å². The van der Waals surface area contributed by atoms with Gasteiger partial charge in [-0.05, 0) is 56.5 Å². The molecule has 1 saturated heterocycles. The summed E-state index contributed by atoms with van der Waals surface area (Å²) in [4.78, 5) is 8.29. The quantitative estimate of drug-likeness (QED) is 0.791. The predicted octanol–water partition coefficient (Wildman–Crippen LogP) is 1.48. The average Bonchev–Trinajstić information content (AvgIpc) is 2.44. The van der Waals surface area contributed by atoms with Crippen LogP contribution in [0.3, 0.4) is 0 Å². The zero-order valence-electron chi connectivity index (χ0n) is 12.2. The number of benzene rings is 1. The molecule has 1 aliphatic heterocycles. The van der Waals surface area contributed by atoms with Gasteiger partial charge in [-0.1, -0.05) is 0 Å². The third-order valence-electron chi connectivity index (χ3n) is 3.89. The molecule has 0 amide bonds. The van der Waals surface area contributed by atoms with Crippen LogP contribution in [-0.4, -0.2) is 29.7 Å². The summed E-state index contributed by atoms with van der Waals surface area (Å²) in [5.41, 5.74) is 13.5. The number of nitrogens with zero attached hydrogens (tertiary/aromatic N) is 2. The predicted molar refractivity (Wildman–Crippen MR) is 84.2 cm³/mol. The van der Waals surface area contributed by atoms with E-state index in [1.807, 2.05) is 19.1 Å². The Labute approximate surface area is 123 Å². The number of aryl methyl sites for hydroxylation is 1. The van der Waals surface area contributed by atoms with E-state index in [0.717, 1.165) is 48.1 Å². The highest BCUT2D eigenvalue weighted by Crippen LogP contribution is 2.31. The summed E-state index contributed by atoms with van der Waals surface area (Å²) < 4.78 is 6.03. The molecular weight excluding hydrogens is 266 g/mol. The molecule has 2 heterocycles. The minimum atomic E-state index is 0.190. The second-order valence-corrected chi connectivity index (χ2v) is 5.63. The van der Waals surface area contributed by atoms with Crippen molar-refractivity contribution in [1.29, 1.82) is 0 Å². The summed E-state index contributed by atoms with van der Waals surface area (Å²) in [5, 5.41) is 4.11. The molecule has 1 aliphatic rings. The smallest absolute Gasteiger partial charge is 0.222 e. The summed E-state index contributed by atoms with van der Waals surface area (Å²) in [5.74, 6) is 1.89. The maximum Gasteiger partial charge on any atom is 0.222 e. The SMILES string of the molecule is Cc1cc(OCC2CCNCC2)c2c(N)nc(N)nc2c1. The van der Waals surface area contributed by atoms with E-state index in [-0.39, 0.29) is 5.95 Å². The maximum absolute atomic E-state index is 6.03. The Hall–Kier alpha value is -2.08. The summed E-state index contributed by atoms with van der Waals surface area (Å²) in [6.45, 7) is 4.82. The van der Waals surface area contributed by atoms with Crippen LogP contribution in [-0.2, 0) is 0 Å². The molecular formula is C15H21N5O. The summed E-state index contributed by atoms with van der Waals surface area (Å²) >= 11 is 0. The minimum absolute atomic E-state index is 0.190. The van der Waals surface area contributed by atoms with Crippen molar-refractivity contribution in [3.63, 3.8) is 0 Å². The van der Waals surface area contributed by atoms with Gasteiger partial charge < -0.3 is 21.5 Å². The molecule has 1 aromatic heterocycles. The first kappa shape index (κ1) is 13.9. The second-order valence-electron chi connectivity index (χ2n) is 5.63. The average molecular weight is 287 g/mol. The van der Waals surface area contributed by atoms with Crippen LogP contribution in [0.5, 0.6) is 5.75 Å². The van der Waals surface area contributed by atoms with Crippen molar-refractivity contribution in [3.8, 4) is 5.75 Å². The third kappa shape index (κ3) is 3.00. The number of nitrogens with two attached hydrogens (primary N) is 2. The molecule has 6 heteroatoms. The Morgan fingerprint density at radius 3 is 2.76 bits per heavy atom. The zero-order chi connectivity index (χ0) is 14.8. The first-order valence-electron chi connectivity index (χ1n) is 7.30. The molecule has 0 radical (unpaired) electrons. The first-order chi connectivity index (χ1) is 10.1. The molecule has 0 aliphatic carbocycles. The lowest BCUT2D eigenvalue weighted by Crippen LogP contribution is -2.30. The first-order valence-corrected chi connectivity index (χ1v) is 7.30. The molecule has 1 aromatic carbocycles. The van der Waals surface area contributed by atoms with Gasteiger partial charge in [-0.2, -0.15) is 4.98 Å². The lowest BCUT2D eigenvalue weighted by Gasteiger charge is -2.23. The summed E-state index contributed by atoms with van der Waals surface area (Å²) in [6, 6.07) is 3.93. The largest absolute Gasteiger partial charge is 0.492 e. The van der Waals surface area contributed by atoms with Crippen LogP contribution >= 0.6 is 0 Å². The van der Waals surface area contributed by atoms with E-state index < -0.39 is 0 Å². The molecule has 2 aromatic rings. The van der Waals surface area contributed by atoms with E-state index in [2.05, 4.69) is 15.3 Å². The lowest BCUT2D eigenvalue weighted by molar-refractivity contribution is 0.217. The van der Waals surface area contributed by atoms with Crippen LogP contribution in [0.1, 0.15) is 18.4 Å². The molecule has 3 rings (SSSR count). The number of rotatable bonds is 3. The van der Waals surface area contributed by atoms with Crippen LogP contribution in [0.4, 0.5) is 11.8 Å².